The lowest BCUT2D eigenvalue weighted by Gasteiger charge is -2.57. The van der Waals surface area contributed by atoms with Crippen LogP contribution >= 0.6 is 0 Å². The van der Waals surface area contributed by atoms with Gasteiger partial charge in [-0.1, -0.05) is 25.5 Å². The lowest BCUT2D eigenvalue weighted by Crippen LogP contribution is -2.50. The molecule has 0 aliphatic heterocycles. The van der Waals surface area contributed by atoms with Crippen molar-refractivity contribution in [3.05, 3.63) is 11.6 Å². The molecule has 4 aliphatic carbocycles. The minimum atomic E-state index is -2.69. The molecule has 7 atom stereocenters. The van der Waals surface area contributed by atoms with Gasteiger partial charge < -0.3 is 5.11 Å². The van der Waals surface area contributed by atoms with Crippen molar-refractivity contribution in [2.24, 2.45) is 34.5 Å². The first-order valence-corrected chi connectivity index (χ1v) is 9.36. The number of hydrogen-bond acceptors (Lipinski definition) is 2. The summed E-state index contributed by atoms with van der Waals surface area (Å²) in [4.78, 5) is 12.7. The standard InChI is InChI=1S/C21H32O2/c1-13(22)17-6-7-18-16-5-4-14-12-15(23)8-10-20(14,2)19(16)9-11-21(17,18)3/h4,15-19,23H,5-12H2,1-3H3/t15-,16-,17+,18-,19-,20-,21+/m0/s1/i1T3,17T. The van der Waals surface area contributed by atoms with Crippen molar-refractivity contribution < 1.29 is 15.4 Å². The molecule has 3 fully saturated rings. The quantitative estimate of drug-likeness (QED) is 0.720. The van der Waals surface area contributed by atoms with Gasteiger partial charge in [-0.05, 0) is 86.8 Å². The largest absolute Gasteiger partial charge is 0.393 e. The lowest BCUT2D eigenvalue weighted by atomic mass is 9.47. The molecule has 0 amide bonds. The molecule has 4 rings (SSSR count). The zero-order valence-electron chi connectivity index (χ0n) is 18.4. The number of hydrogen-bond donors (Lipinski definition) is 1. The SMILES string of the molecule is [3H]C([3H])([3H])C(=O)[C@@]1([3H])CC[C@H]2[C@@H]3CC=C4C[C@@H](O)CC[C@]4(C)[C@H]3CC[C@@]21C. The van der Waals surface area contributed by atoms with E-state index in [1.807, 2.05) is 6.92 Å². The van der Waals surface area contributed by atoms with Crippen molar-refractivity contribution in [3.8, 4) is 0 Å². The van der Waals surface area contributed by atoms with E-state index in [0.29, 0.717) is 18.3 Å². The number of carbonyl (C=O) groups excluding carboxylic acids is 1. The monoisotopic (exact) mass is 324 g/mol. The fraction of sp³-hybridized carbons (Fsp3) is 0.857. The third-order valence-corrected chi connectivity index (χ3v) is 8.14. The molecule has 0 aromatic carbocycles. The summed E-state index contributed by atoms with van der Waals surface area (Å²) in [6.45, 7) is 1.67. The van der Waals surface area contributed by atoms with Gasteiger partial charge in [0.2, 0.25) is 0 Å². The van der Waals surface area contributed by atoms with E-state index >= 15 is 0 Å². The molecule has 0 aromatic heterocycles. The van der Waals surface area contributed by atoms with Crippen LogP contribution in [0.1, 0.15) is 77.5 Å². The zero-order chi connectivity index (χ0) is 19.8. The Balaban J connectivity index is 1.68. The zero-order valence-corrected chi connectivity index (χ0v) is 14.4. The first kappa shape index (κ1) is 11.8. The summed E-state index contributed by atoms with van der Waals surface area (Å²) in [5, 5.41) is 10.1. The van der Waals surface area contributed by atoms with E-state index in [-0.39, 0.29) is 17.4 Å². The van der Waals surface area contributed by atoms with Gasteiger partial charge >= 0.3 is 0 Å². The van der Waals surface area contributed by atoms with E-state index in [9.17, 15) is 9.90 Å². The van der Waals surface area contributed by atoms with E-state index < -0.39 is 23.9 Å². The van der Waals surface area contributed by atoms with Gasteiger partial charge in [0.1, 0.15) is 5.78 Å². The van der Waals surface area contributed by atoms with Crippen LogP contribution in [0.3, 0.4) is 0 Å². The number of Topliss-reactive ketones (excluding diaryl/α,β-unsaturated/α-hetero) is 1. The van der Waals surface area contributed by atoms with E-state index in [1.165, 1.54) is 5.57 Å². The highest BCUT2D eigenvalue weighted by molar-refractivity contribution is 5.79. The molecule has 0 heterocycles. The Labute approximate surface area is 146 Å². The predicted octanol–water partition coefficient (Wildman–Crippen LogP) is 4.52. The summed E-state index contributed by atoms with van der Waals surface area (Å²) in [6.07, 6.45) is 8.55. The molecule has 0 spiro atoms. The van der Waals surface area contributed by atoms with Gasteiger partial charge in [-0.3, -0.25) is 4.79 Å². The molecule has 4 aliphatic rings. The normalized spacial score (nSPS) is 58.5. The third-order valence-electron chi connectivity index (χ3n) is 8.14. The Morgan fingerprint density at radius 2 is 2.09 bits per heavy atom. The molecule has 0 aromatic rings. The van der Waals surface area contributed by atoms with Gasteiger partial charge in [0, 0.05) is 11.4 Å². The minimum Gasteiger partial charge on any atom is -0.393 e. The summed E-state index contributed by atoms with van der Waals surface area (Å²) < 4.78 is 31.8. The predicted molar refractivity (Wildman–Crippen MR) is 91.9 cm³/mol. The second-order valence-corrected chi connectivity index (χ2v) is 8.96. The molecule has 0 unspecified atom stereocenters. The fourth-order valence-corrected chi connectivity index (χ4v) is 6.83. The van der Waals surface area contributed by atoms with Crippen molar-refractivity contribution in [2.45, 2.75) is 78.2 Å². The Bertz CT molecular complexity index is 686. The first-order valence-electron chi connectivity index (χ1n) is 11.4. The van der Waals surface area contributed by atoms with Crippen LogP contribution in [0.25, 0.3) is 0 Å². The van der Waals surface area contributed by atoms with Crippen LogP contribution in [0.15, 0.2) is 11.6 Å². The molecular formula is C21H32O2. The number of ketones is 1. The minimum absolute atomic E-state index is 0.116. The Morgan fingerprint density at radius 1 is 1.26 bits per heavy atom. The van der Waals surface area contributed by atoms with E-state index in [1.54, 1.807) is 0 Å². The molecule has 0 bridgehead atoms. The molecule has 2 nitrogen and oxygen atoms in total. The summed E-state index contributed by atoms with van der Waals surface area (Å²) in [5.74, 6) is -1.15. The Kier molecular flexibility index (Phi) is 2.67. The molecule has 23 heavy (non-hydrogen) atoms. The van der Waals surface area contributed by atoms with Crippen LogP contribution in [-0.2, 0) is 4.79 Å². The smallest absolute Gasteiger partial charge is 0.133 e. The number of aliphatic hydroxyl groups is 1. The highest BCUT2D eigenvalue weighted by Crippen LogP contribution is 2.66. The van der Waals surface area contributed by atoms with Gasteiger partial charge in [-0.15, -0.1) is 0 Å². The number of rotatable bonds is 1. The maximum atomic E-state index is 12.7. The third kappa shape index (κ3) is 2.13. The summed E-state index contributed by atoms with van der Waals surface area (Å²) in [5.41, 5.74) is 0.972. The van der Waals surface area contributed by atoms with Gasteiger partial charge in [-0.25, -0.2) is 0 Å². The van der Waals surface area contributed by atoms with Crippen molar-refractivity contribution in [1.29, 1.82) is 0 Å². The number of carbonyl (C=O) groups is 1. The molecule has 128 valence electrons. The second-order valence-electron chi connectivity index (χ2n) is 8.96. The summed E-state index contributed by atoms with van der Waals surface area (Å²) >= 11 is 0. The number of aliphatic hydroxyl groups excluding tert-OH is 1. The van der Waals surface area contributed by atoms with Gasteiger partial charge in [-0.2, -0.15) is 0 Å². The first-order chi connectivity index (χ1) is 12.4. The van der Waals surface area contributed by atoms with Crippen LogP contribution in [0.4, 0.5) is 0 Å². The maximum Gasteiger partial charge on any atom is 0.133 e. The van der Waals surface area contributed by atoms with Crippen molar-refractivity contribution in [3.63, 3.8) is 0 Å². The molecule has 1 N–H and O–H groups in total. The van der Waals surface area contributed by atoms with E-state index in [0.717, 1.165) is 44.9 Å². The number of allylic oxidation sites excluding steroid dienone is 1. The van der Waals surface area contributed by atoms with E-state index in [2.05, 4.69) is 13.0 Å². The topological polar surface area (TPSA) is 37.3 Å². The Hall–Kier alpha value is -0.630. The van der Waals surface area contributed by atoms with Gasteiger partial charge in [0.25, 0.3) is 0 Å². The van der Waals surface area contributed by atoms with Gasteiger partial charge in [0.15, 0.2) is 0 Å². The molecule has 0 saturated heterocycles. The summed E-state index contributed by atoms with van der Waals surface area (Å²) in [7, 11) is 0. The van der Waals surface area contributed by atoms with Crippen molar-refractivity contribution in [1.82, 2.24) is 0 Å². The molecule has 2 heteroatoms. The van der Waals surface area contributed by atoms with Crippen LogP contribution < -0.4 is 0 Å². The molecule has 0 radical (unpaired) electrons. The summed E-state index contributed by atoms with van der Waals surface area (Å²) in [6, 6.07) is 0. The average molecular weight is 325 g/mol. The van der Waals surface area contributed by atoms with Crippen LogP contribution in [-0.4, -0.2) is 17.0 Å². The average Bonchev–Trinajstić information content (AvgIpc) is 2.86. The maximum absolute atomic E-state index is 12.7. The second kappa shape index (κ2) is 5.18. The van der Waals surface area contributed by atoms with Crippen molar-refractivity contribution in [2.75, 3.05) is 0 Å². The number of fused-ring (bicyclic) bond motifs is 5. The highest BCUT2D eigenvalue weighted by atomic mass is 16.3. The molecular weight excluding hydrogens is 284 g/mol. The fourth-order valence-electron chi connectivity index (χ4n) is 6.83. The highest BCUT2D eigenvalue weighted by Gasteiger charge is 2.59. The van der Waals surface area contributed by atoms with Gasteiger partial charge in [0.05, 0.1) is 6.10 Å². The molecule has 3 saturated carbocycles. The Morgan fingerprint density at radius 3 is 2.87 bits per heavy atom. The van der Waals surface area contributed by atoms with Crippen LogP contribution in [0.5, 0.6) is 0 Å². The van der Waals surface area contributed by atoms with Crippen molar-refractivity contribution >= 4 is 5.78 Å². The van der Waals surface area contributed by atoms with Crippen LogP contribution in [0.2, 0.25) is 0 Å². The van der Waals surface area contributed by atoms with E-state index in [4.69, 9.17) is 5.48 Å². The lowest BCUT2D eigenvalue weighted by molar-refractivity contribution is -0.127. The van der Waals surface area contributed by atoms with Crippen LogP contribution in [0, 0.1) is 34.5 Å².